The summed E-state index contributed by atoms with van der Waals surface area (Å²) in [6, 6.07) is 7.71. The Hall–Kier alpha value is -1.55. The van der Waals surface area contributed by atoms with Crippen molar-refractivity contribution >= 4 is 11.6 Å². The van der Waals surface area contributed by atoms with Gasteiger partial charge in [0.2, 0.25) is 5.91 Å². The molecule has 1 rings (SSSR count). The molecule has 0 aromatic heterocycles. The predicted molar refractivity (Wildman–Crippen MR) is 79.7 cm³/mol. The number of nitrogens with one attached hydrogen (secondary N) is 1. The van der Waals surface area contributed by atoms with Crippen LogP contribution in [0.1, 0.15) is 32.8 Å². The lowest BCUT2D eigenvalue weighted by Gasteiger charge is -2.28. The van der Waals surface area contributed by atoms with Crippen molar-refractivity contribution in [3.8, 4) is 0 Å². The van der Waals surface area contributed by atoms with E-state index in [0.717, 1.165) is 30.8 Å². The Morgan fingerprint density at radius 1 is 1.42 bits per heavy atom. The lowest BCUT2D eigenvalue weighted by molar-refractivity contribution is -0.126. The average molecular weight is 263 g/mol. The molecule has 1 amide bonds. The first-order chi connectivity index (χ1) is 9.08. The first kappa shape index (κ1) is 15.5. The molecule has 0 heterocycles. The molecule has 1 aromatic carbocycles. The summed E-state index contributed by atoms with van der Waals surface area (Å²) in [5.74, 6) is 0.0832. The lowest BCUT2D eigenvalue weighted by atomic mass is 10.1. The molecule has 0 radical (unpaired) electrons. The highest BCUT2D eigenvalue weighted by Gasteiger charge is 2.20. The van der Waals surface area contributed by atoms with E-state index in [4.69, 9.17) is 5.73 Å². The highest BCUT2D eigenvalue weighted by molar-refractivity contribution is 5.81. The monoisotopic (exact) mass is 263 g/mol. The summed E-state index contributed by atoms with van der Waals surface area (Å²) in [4.78, 5) is 14.1. The van der Waals surface area contributed by atoms with Gasteiger partial charge in [0.05, 0.1) is 6.04 Å². The van der Waals surface area contributed by atoms with Crippen LogP contribution in [0, 0.1) is 0 Å². The molecule has 3 N–H and O–H groups in total. The van der Waals surface area contributed by atoms with E-state index in [1.165, 1.54) is 0 Å². The largest absolute Gasteiger partial charge is 0.399 e. The smallest absolute Gasteiger partial charge is 0.237 e. The van der Waals surface area contributed by atoms with Gasteiger partial charge in [-0.05, 0) is 44.5 Å². The third kappa shape index (κ3) is 4.91. The molecule has 0 fully saturated rings. The summed E-state index contributed by atoms with van der Waals surface area (Å²) in [5.41, 5.74) is 7.70. The third-order valence-electron chi connectivity index (χ3n) is 3.13. The van der Waals surface area contributed by atoms with Gasteiger partial charge in [0, 0.05) is 18.8 Å². The van der Waals surface area contributed by atoms with Crippen molar-refractivity contribution < 1.29 is 4.79 Å². The average Bonchev–Trinajstić information content (AvgIpc) is 2.38. The fraction of sp³-hybridized carbons (Fsp3) is 0.533. The highest BCUT2D eigenvalue weighted by Crippen LogP contribution is 2.12. The molecule has 0 saturated heterocycles. The van der Waals surface area contributed by atoms with Gasteiger partial charge in [-0.3, -0.25) is 9.69 Å². The fourth-order valence-electron chi connectivity index (χ4n) is 2.11. The minimum Gasteiger partial charge on any atom is -0.399 e. The van der Waals surface area contributed by atoms with Crippen LogP contribution in [0.5, 0.6) is 0 Å². The summed E-state index contributed by atoms with van der Waals surface area (Å²) in [7, 11) is 0. The molecule has 1 aromatic rings. The van der Waals surface area contributed by atoms with Gasteiger partial charge in [-0.2, -0.15) is 0 Å². The summed E-state index contributed by atoms with van der Waals surface area (Å²) in [5, 5.41) is 2.88. The van der Waals surface area contributed by atoms with Crippen molar-refractivity contribution in [2.45, 2.75) is 39.8 Å². The number of amides is 1. The minimum absolute atomic E-state index is 0.0832. The molecular weight excluding hydrogens is 238 g/mol. The Morgan fingerprint density at radius 2 is 2.16 bits per heavy atom. The van der Waals surface area contributed by atoms with E-state index >= 15 is 0 Å². The topological polar surface area (TPSA) is 58.4 Å². The Morgan fingerprint density at radius 3 is 2.74 bits per heavy atom. The predicted octanol–water partition coefficient (Wildman–Crippen LogP) is 2.01. The highest BCUT2D eigenvalue weighted by atomic mass is 16.2. The molecule has 106 valence electrons. The first-order valence-electron chi connectivity index (χ1n) is 6.94. The van der Waals surface area contributed by atoms with Crippen molar-refractivity contribution in [1.82, 2.24) is 10.2 Å². The number of anilines is 1. The quantitative estimate of drug-likeness (QED) is 0.740. The van der Waals surface area contributed by atoms with Crippen molar-refractivity contribution in [3.05, 3.63) is 29.8 Å². The SMILES string of the molecule is CCCN(Cc1cccc(N)c1)C(C)C(=O)NCC. The normalized spacial score (nSPS) is 12.4. The maximum Gasteiger partial charge on any atom is 0.237 e. The zero-order valence-electron chi connectivity index (χ0n) is 12.1. The van der Waals surface area contributed by atoms with Crippen LogP contribution in [0.3, 0.4) is 0 Å². The molecule has 4 heteroatoms. The van der Waals surface area contributed by atoms with Crippen molar-refractivity contribution in [2.75, 3.05) is 18.8 Å². The van der Waals surface area contributed by atoms with Crippen LogP contribution in [0.4, 0.5) is 5.69 Å². The molecule has 1 atom stereocenters. The zero-order chi connectivity index (χ0) is 14.3. The second-order valence-corrected chi connectivity index (χ2v) is 4.79. The number of hydrogen-bond donors (Lipinski definition) is 2. The van der Waals surface area contributed by atoms with Crippen LogP contribution in [-0.2, 0) is 11.3 Å². The van der Waals surface area contributed by atoms with Crippen LogP contribution in [0.25, 0.3) is 0 Å². The molecular formula is C15H25N3O. The molecule has 0 aliphatic carbocycles. The van der Waals surface area contributed by atoms with Crippen LogP contribution >= 0.6 is 0 Å². The van der Waals surface area contributed by atoms with E-state index in [-0.39, 0.29) is 11.9 Å². The van der Waals surface area contributed by atoms with E-state index in [2.05, 4.69) is 17.1 Å². The zero-order valence-corrected chi connectivity index (χ0v) is 12.1. The molecule has 0 saturated carbocycles. The number of nitrogen functional groups attached to an aromatic ring is 1. The van der Waals surface area contributed by atoms with Crippen molar-refractivity contribution in [3.63, 3.8) is 0 Å². The number of nitrogens with zero attached hydrogens (tertiary/aromatic N) is 1. The van der Waals surface area contributed by atoms with Gasteiger partial charge >= 0.3 is 0 Å². The van der Waals surface area contributed by atoms with E-state index in [1.807, 2.05) is 38.1 Å². The minimum atomic E-state index is -0.124. The summed E-state index contributed by atoms with van der Waals surface area (Å²) < 4.78 is 0. The second kappa shape index (κ2) is 7.79. The summed E-state index contributed by atoms with van der Waals surface area (Å²) in [6.45, 7) is 8.32. The number of carbonyl (C=O) groups excluding carboxylic acids is 1. The molecule has 4 nitrogen and oxygen atoms in total. The Bertz CT molecular complexity index is 406. The van der Waals surface area contributed by atoms with Gasteiger partial charge < -0.3 is 11.1 Å². The maximum absolute atomic E-state index is 11.9. The van der Waals surface area contributed by atoms with Crippen LogP contribution in [0.15, 0.2) is 24.3 Å². The summed E-state index contributed by atoms with van der Waals surface area (Å²) in [6.07, 6.45) is 1.02. The van der Waals surface area contributed by atoms with Crippen molar-refractivity contribution in [1.29, 1.82) is 0 Å². The molecule has 0 aliphatic heterocycles. The number of hydrogen-bond acceptors (Lipinski definition) is 3. The Labute approximate surface area is 116 Å². The standard InChI is InChI=1S/C15H25N3O/c1-4-9-18(12(3)15(19)17-5-2)11-13-7-6-8-14(16)10-13/h6-8,10,12H,4-5,9,11,16H2,1-3H3,(H,17,19). The molecule has 19 heavy (non-hydrogen) atoms. The molecule has 0 bridgehead atoms. The van der Waals surface area contributed by atoms with Gasteiger partial charge in [-0.1, -0.05) is 19.1 Å². The van der Waals surface area contributed by atoms with E-state index in [9.17, 15) is 4.79 Å². The van der Waals surface area contributed by atoms with Crippen LogP contribution < -0.4 is 11.1 Å². The van der Waals surface area contributed by atoms with E-state index in [1.54, 1.807) is 0 Å². The van der Waals surface area contributed by atoms with E-state index < -0.39 is 0 Å². The van der Waals surface area contributed by atoms with Gasteiger partial charge in [0.25, 0.3) is 0 Å². The van der Waals surface area contributed by atoms with Gasteiger partial charge in [0.1, 0.15) is 0 Å². The van der Waals surface area contributed by atoms with Crippen molar-refractivity contribution in [2.24, 2.45) is 0 Å². The number of rotatable bonds is 7. The molecule has 0 spiro atoms. The van der Waals surface area contributed by atoms with Gasteiger partial charge in [-0.25, -0.2) is 0 Å². The maximum atomic E-state index is 11.9. The number of benzene rings is 1. The van der Waals surface area contributed by atoms with Crippen LogP contribution in [-0.4, -0.2) is 29.9 Å². The summed E-state index contributed by atoms with van der Waals surface area (Å²) >= 11 is 0. The first-order valence-corrected chi connectivity index (χ1v) is 6.94. The number of carbonyl (C=O) groups is 1. The Balaban J connectivity index is 2.74. The van der Waals surface area contributed by atoms with E-state index in [0.29, 0.717) is 6.54 Å². The van der Waals surface area contributed by atoms with Crippen LogP contribution in [0.2, 0.25) is 0 Å². The molecule has 0 aliphatic rings. The second-order valence-electron chi connectivity index (χ2n) is 4.79. The number of likely N-dealkylation sites (N-methyl/N-ethyl adjacent to an activating group) is 1. The Kier molecular flexibility index (Phi) is 6.36. The number of nitrogens with two attached hydrogens (primary N) is 1. The van der Waals surface area contributed by atoms with Gasteiger partial charge in [0.15, 0.2) is 0 Å². The molecule has 1 unspecified atom stereocenters. The van der Waals surface area contributed by atoms with Gasteiger partial charge in [-0.15, -0.1) is 0 Å². The third-order valence-corrected chi connectivity index (χ3v) is 3.13. The lowest BCUT2D eigenvalue weighted by Crippen LogP contribution is -2.45. The fourth-order valence-corrected chi connectivity index (χ4v) is 2.11.